The van der Waals surface area contributed by atoms with Crippen LogP contribution in [-0.4, -0.2) is 23.7 Å². The average Bonchev–Trinajstić information content (AvgIpc) is 2.54. The summed E-state index contributed by atoms with van der Waals surface area (Å²) in [5, 5.41) is 15.5. The molecule has 0 aliphatic carbocycles. The maximum Gasteiger partial charge on any atom is 0.234 e. The lowest BCUT2D eigenvalue weighted by Crippen LogP contribution is -2.14. The number of nitrogens with zero attached hydrogens (tertiary/aromatic N) is 2. The fourth-order valence-electron chi connectivity index (χ4n) is 1.84. The Labute approximate surface area is 133 Å². The number of carbonyl (C=O) groups is 1. The number of aryl methyl sites for hydroxylation is 1. The molecule has 1 heterocycles. The largest absolute Gasteiger partial charge is 0.387 e. The Morgan fingerprint density at radius 3 is 2.68 bits per heavy atom. The van der Waals surface area contributed by atoms with Crippen molar-refractivity contribution in [2.45, 2.75) is 11.9 Å². The van der Waals surface area contributed by atoms with Gasteiger partial charge in [0.2, 0.25) is 5.91 Å². The number of anilines is 2. The van der Waals surface area contributed by atoms with Gasteiger partial charge in [-0.05, 0) is 25.1 Å². The van der Waals surface area contributed by atoms with E-state index in [1.807, 2.05) is 31.2 Å². The van der Waals surface area contributed by atoms with E-state index in [4.69, 9.17) is 0 Å². The second-order valence-electron chi connectivity index (χ2n) is 4.60. The molecule has 0 saturated heterocycles. The highest BCUT2D eigenvalue weighted by molar-refractivity contribution is 8.00. The van der Waals surface area contributed by atoms with Crippen LogP contribution in [0.4, 0.5) is 11.4 Å². The molecule has 2 rings (SSSR count). The van der Waals surface area contributed by atoms with Crippen molar-refractivity contribution in [3.05, 3.63) is 47.7 Å². The van der Waals surface area contributed by atoms with E-state index in [0.29, 0.717) is 16.3 Å². The highest BCUT2D eigenvalue weighted by Gasteiger charge is 2.11. The summed E-state index contributed by atoms with van der Waals surface area (Å²) >= 11 is 1.25. The fourth-order valence-corrected chi connectivity index (χ4v) is 2.61. The molecule has 0 fully saturated rings. The number of rotatable bonds is 5. The molecule has 0 spiro atoms. The molecule has 1 amide bonds. The second-order valence-corrected chi connectivity index (χ2v) is 5.57. The first kappa shape index (κ1) is 15.9. The lowest BCUT2D eigenvalue weighted by molar-refractivity contribution is -0.113. The van der Waals surface area contributed by atoms with Gasteiger partial charge in [0, 0.05) is 18.9 Å². The van der Waals surface area contributed by atoms with Crippen LogP contribution in [0.3, 0.4) is 0 Å². The molecule has 0 aliphatic rings. The van der Waals surface area contributed by atoms with Crippen LogP contribution < -0.4 is 10.6 Å². The summed E-state index contributed by atoms with van der Waals surface area (Å²) in [4.78, 5) is 16.1. The number of nitrogens with one attached hydrogen (secondary N) is 2. The van der Waals surface area contributed by atoms with Gasteiger partial charge >= 0.3 is 0 Å². The normalized spacial score (nSPS) is 9.86. The van der Waals surface area contributed by atoms with Crippen LogP contribution in [0, 0.1) is 18.3 Å². The molecule has 0 unspecified atom stereocenters. The van der Waals surface area contributed by atoms with Gasteiger partial charge in [-0.1, -0.05) is 29.5 Å². The predicted octanol–water partition coefficient (Wildman–Crippen LogP) is 3.03. The molecular weight excluding hydrogens is 296 g/mol. The highest BCUT2D eigenvalue weighted by Crippen LogP contribution is 2.25. The van der Waals surface area contributed by atoms with E-state index >= 15 is 0 Å². The minimum atomic E-state index is -0.130. The third-order valence-electron chi connectivity index (χ3n) is 2.97. The molecule has 2 N–H and O–H groups in total. The van der Waals surface area contributed by atoms with Gasteiger partial charge in [-0.2, -0.15) is 5.26 Å². The SMILES string of the molecule is CNc1ccnc(SCC(=O)Nc2ccc(C)cc2)c1C#N. The zero-order valence-corrected chi connectivity index (χ0v) is 13.2. The van der Waals surface area contributed by atoms with E-state index < -0.39 is 0 Å². The standard InChI is InChI=1S/C16H16N4OS/c1-11-3-5-12(6-4-11)20-15(21)10-22-16-13(9-17)14(18-2)7-8-19-16/h3-8H,10H2,1-2H3,(H,18,19)(H,20,21). The van der Waals surface area contributed by atoms with Crippen LogP contribution in [0.1, 0.15) is 11.1 Å². The van der Waals surface area contributed by atoms with E-state index in [0.717, 1.165) is 11.3 Å². The summed E-state index contributed by atoms with van der Waals surface area (Å²) in [6.45, 7) is 1.99. The van der Waals surface area contributed by atoms with Crippen molar-refractivity contribution in [1.29, 1.82) is 5.26 Å². The van der Waals surface area contributed by atoms with Crippen molar-refractivity contribution < 1.29 is 4.79 Å². The second kappa shape index (κ2) is 7.48. The molecule has 0 atom stereocenters. The first-order valence-electron chi connectivity index (χ1n) is 6.70. The van der Waals surface area contributed by atoms with Gasteiger partial charge < -0.3 is 10.6 Å². The number of aromatic nitrogens is 1. The zero-order valence-electron chi connectivity index (χ0n) is 12.4. The Morgan fingerprint density at radius 2 is 2.05 bits per heavy atom. The van der Waals surface area contributed by atoms with E-state index in [-0.39, 0.29) is 11.7 Å². The zero-order chi connectivity index (χ0) is 15.9. The highest BCUT2D eigenvalue weighted by atomic mass is 32.2. The third kappa shape index (κ3) is 3.99. The number of hydrogen-bond donors (Lipinski definition) is 2. The van der Waals surface area contributed by atoms with Gasteiger partial charge in [-0.15, -0.1) is 0 Å². The monoisotopic (exact) mass is 312 g/mol. The maximum atomic E-state index is 12.0. The summed E-state index contributed by atoms with van der Waals surface area (Å²) in [5.41, 5.74) is 3.06. The summed E-state index contributed by atoms with van der Waals surface area (Å²) in [6.07, 6.45) is 1.62. The minimum absolute atomic E-state index is 0.130. The molecule has 0 saturated carbocycles. The van der Waals surface area contributed by atoms with Gasteiger partial charge in [-0.25, -0.2) is 4.98 Å². The summed E-state index contributed by atoms with van der Waals surface area (Å²) < 4.78 is 0. The molecule has 5 nitrogen and oxygen atoms in total. The van der Waals surface area contributed by atoms with Crippen molar-refractivity contribution in [2.24, 2.45) is 0 Å². The quantitative estimate of drug-likeness (QED) is 0.830. The summed E-state index contributed by atoms with van der Waals surface area (Å²) in [5.74, 6) is 0.0670. The first-order chi connectivity index (χ1) is 10.6. The molecular formula is C16H16N4OS. The Morgan fingerprint density at radius 1 is 1.32 bits per heavy atom. The van der Waals surface area contributed by atoms with Crippen molar-refractivity contribution >= 4 is 29.0 Å². The van der Waals surface area contributed by atoms with Crippen molar-refractivity contribution in [3.63, 3.8) is 0 Å². The topological polar surface area (TPSA) is 77.8 Å². The van der Waals surface area contributed by atoms with E-state index in [9.17, 15) is 10.1 Å². The summed E-state index contributed by atoms with van der Waals surface area (Å²) in [7, 11) is 1.74. The van der Waals surface area contributed by atoms with Crippen LogP contribution >= 0.6 is 11.8 Å². The Balaban J connectivity index is 2.00. The van der Waals surface area contributed by atoms with Crippen LogP contribution in [0.25, 0.3) is 0 Å². The number of pyridine rings is 1. The number of benzene rings is 1. The fraction of sp³-hybridized carbons (Fsp3) is 0.188. The van der Waals surface area contributed by atoms with Crippen molar-refractivity contribution in [2.75, 3.05) is 23.4 Å². The molecule has 0 bridgehead atoms. The average molecular weight is 312 g/mol. The molecule has 1 aromatic heterocycles. The van der Waals surface area contributed by atoms with Gasteiger partial charge in [-0.3, -0.25) is 4.79 Å². The molecule has 2 aromatic rings. The summed E-state index contributed by atoms with van der Waals surface area (Å²) in [6, 6.07) is 11.4. The lowest BCUT2D eigenvalue weighted by atomic mass is 10.2. The number of hydrogen-bond acceptors (Lipinski definition) is 5. The molecule has 0 radical (unpaired) electrons. The predicted molar refractivity (Wildman–Crippen MR) is 89.0 cm³/mol. The smallest absolute Gasteiger partial charge is 0.234 e. The van der Waals surface area contributed by atoms with E-state index in [1.54, 1.807) is 19.3 Å². The number of amides is 1. The molecule has 6 heteroatoms. The Kier molecular flexibility index (Phi) is 5.39. The molecule has 112 valence electrons. The first-order valence-corrected chi connectivity index (χ1v) is 7.68. The van der Waals surface area contributed by atoms with Gasteiger partial charge in [0.1, 0.15) is 16.7 Å². The van der Waals surface area contributed by atoms with Gasteiger partial charge in [0.25, 0.3) is 0 Å². The number of thioether (sulfide) groups is 1. The van der Waals surface area contributed by atoms with Gasteiger partial charge in [0.05, 0.1) is 11.4 Å². The van der Waals surface area contributed by atoms with Crippen LogP contribution in [0.15, 0.2) is 41.6 Å². The molecule has 1 aromatic carbocycles. The Hall–Kier alpha value is -2.52. The molecule has 22 heavy (non-hydrogen) atoms. The minimum Gasteiger partial charge on any atom is -0.387 e. The molecule has 0 aliphatic heterocycles. The Bertz CT molecular complexity index is 707. The number of nitriles is 1. The van der Waals surface area contributed by atoms with E-state index in [1.165, 1.54) is 11.8 Å². The van der Waals surface area contributed by atoms with Gasteiger partial charge in [0.15, 0.2) is 0 Å². The number of carbonyl (C=O) groups excluding carboxylic acids is 1. The van der Waals surface area contributed by atoms with Crippen molar-refractivity contribution in [3.8, 4) is 6.07 Å². The third-order valence-corrected chi connectivity index (χ3v) is 3.96. The van der Waals surface area contributed by atoms with E-state index in [2.05, 4.69) is 21.7 Å². The van der Waals surface area contributed by atoms with Crippen molar-refractivity contribution in [1.82, 2.24) is 4.98 Å². The van der Waals surface area contributed by atoms with Crippen LogP contribution in [-0.2, 0) is 4.79 Å². The van der Waals surface area contributed by atoms with Crippen LogP contribution in [0.2, 0.25) is 0 Å². The lowest BCUT2D eigenvalue weighted by Gasteiger charge is -2.08. The van der Waals surface area contributed by atoms with Crippen LogP contribution in [0.5, 0.6) is 0 Å². The maximum absolute atomic E-state index is 12.0.